The van der Waals surface area contributed by atoms with Crippen LogP contribution in [0.25, 0.3) is 17.0 Å². The van der Waals surface area contributed by atoms with Gasteiger partial charge in [0.25, 0.3) is 0 Å². The van der Waals surface area contributed by atoms with Crippen molar-refractivity contribution in [2.45, 2.75) is 43.5 Å². The number of rotatable bonds is 11. The first kappa shape index (κ1) is 26.2. The van der Waals surface area contributed by atoms with Gasteiger partial charge in [0.1, 0.15) is 0 Å². The second-order valence-electron chi connectivity index (χ2n) is 10.3. The van der Waals surface area contributed by atoms with Crippen LogP contribution in [0.1, 0.15) is 37.7 Å². The molecule has 0 saturated carbocycles. The minimum absolute atomic E-state index is 0.148. The molecule has 1 N–H and O–H groups in total. The zero-order valence-electron chi connectivity index (χ0n) is 22.2. The van der Waals surface area contributed by atoms with Gasteiger partial charge in [-0.1, -0.05) is 36.0 Å². The molecule has 0 atom stereocenters. The summed E-state index contributed by atoms with van der Waals surface area (Å²) >= 11 is 1.84. The summed E-state index contributed by atoms with van der Waals surface area (Å²) in [4.78, 5) is 15.0. The number of pyridine rings is 1. The van der Waals surface area contributed by atoms with Crippen molar-refractivity contribution >= 4 is 40.3 Å². The lowest BCUT2D eigenvalue weighted by atomic mass is 10.1. The van der Waals surface area contributed by atoms with E-state index in [2.05, 4.69) is 103 Å². The summed E-state index contributed by atoms with van der Waals surface area (Å²) < 4.78 is 3.42. The number of hydrogen-bond donors (Lipinski definition) is 1. The number of nitrogens with one attached hydrogen (secondary N) is 1. The quantitative estimate of drug-likeness (QED) is 0.215. The van der Waals surface area contributed by atoms with Gasteiger partial charge in [-0.25, -0.2) is 0 Å². The molecule has 0 fully saturated rings. The molecular weight excluding hydrogens is 464 g/mol. The molecule has 0 bridgehead atoms. The Morgan fingerprint density at radius 1 is 1.00 bits per heavy atom. The average molecular weight is 505 g/mol. The zero-order chi connectivity index (χ0) is 25.5. The normalized spacial score (nSPS) is 14.4. The minimum Gasteiger partial charge on any atom is -0.359 e. The molecule has 0 unspecified atom stereocenters. The van der Waals surface area contributed by atoms with Crippen molar-refractivity contribution in [2.24, 2.45) is 0 Å². The number of fused-ring (bicyclic) bond motifs is 2. The van der Waals surface area contributed by atoms with Crippen LogP contribution in [0.4, 0.5) is 5.69 Å². The summed E-state index contributed by atoms with van der Waals surface area (Å²) in [5, 5.41) is 5.26. The maximum absolute atomic E-state index is 11.4. The molecule has 1 aromatic heterocycles. The Morgan fingerprint density at radius 2 is 1.75 bits per heavy atom. The molecule has 1 amide bonds. The first-order valence-corrected chi connectivity index (χ1v) is 13.9. The molecular formula is C30H40N4OS+2. The molecule has 6 heteroatoms. The summed E-state index contributed by atoms with van der Waals surface area (Å²) in [6, 6.07) is 19.6. The third-order valence-electron chi connectivity index (χ3n) is 7.12. The molecule has 1 aliphatic rings. The van der Waals surface area contributed by atoms with Gasteiger partial charge in [-0.2, -0.15) is 4.57 Å². The van der Waals surface area contributed by atoms with E-state index in [1.54, 1.807) is 7.05 Å². The Labute approximate surface area is 220 Å². The van der Waals surface area contributed by atoms with E-state index in [-0.39, 0.29) is 5.91 Å². The summed E-state index contributed by atoms with van der Waals surface area (Å²) in [7, 11) is 8.51. The molecule has 0 spiro atoms. The number of quaternary nitrogens is 1. The van der Waals surface area contributed by atoms with E-state index in [0.29, 0.717) is 6.42 Å². The van der Waals surface area contributed by atoms with Gasteiger partial charge in [-0.3, -0.25) is 4.79 Å². The minimum atomic E-state index is 0.148. The molecule has 36 heavy (non-hydrogen) atoms. The van der Waals surface area contributed by atoms with E-state index in [0.717, 1.165) is 43.4 Å². The number of amides is 1. The molecule has 4 rings (SSSR count). The topological polar surface area (TPSA) is 36.2 Å². The number of unbranched alkanes of at least 4 members (excludes halogenated alkanes) is 2. The van der Waals surface area contributed by atoms with Crippen molar-refractivity contribution in [2.75, 3.05) is 46.2 Å². The Hall–Kier alpha value is -2.83. The molecule has 0 radical (unpaired) electrons. The van der Waals surface area contributed by atoms with Crippen molar-refractivity contribution in [1.29, 1.82) is 0 Å². The number of thioether (sulfide) groups is 1. The summed E-state index contributed by atoms with van der Waals surface area (Å²) in [5.74, 6) is 0.148. The number of para-hydroxylation sites is 2. The van der Waals surface area contributed by atoms with Gasteiger partial charge >= 0.3 is 0 Å². The third-order valence-corrected chi connectivity index (χ3v) is 8.28. The molecule has 0 aliphatic carbocycles. The van der Waals surface area contributed by atoms with Crippen LogP contribution < -0.4 is 14.8 Å². The number of hydrogen-bond acceptors (Lipinski definition) is 3. The van der Waals surface area contributed by atoms with E-state index in [9.17, 15) is 4.79 Å². The number of benzene rings is 2. The van der Waals surface area contributed by atoms with Crippen LogP contribution in [0, 0.1) is 0 Å². The van der Waals surface area contributed by atoms with Crippen LogP contribution >= 0.6 is 11.8 Å². The monoisotopic (exact) mass is 504 g/mol. The van der Waals surface area contributed by atoms with Crippen LogP contribution in [0.5, 0.6) is 0 Å². The first-order chi connectivity index (χ1) is 17.4. The van der Waals surface area contributed by atoms with Crippen molar-refractivity contribution < 1.29 is 13.8 Å². The standard InChI is InChI=1S/C30H39N4OS/c1-31-29(35)17-6-5-11-21-34(3,4)22-12-19-33-20-18-24(25-13-7-8-14-26(25)33)23-30-32(2)27-15-9-10-16-28(27)36-30/h7-10,13-16,18,20,23H,5-6,11-12,17,19,21-22H2,1-4H3/q+1/p+1. The van der Waals surface area contributed by atoms with Gasteiger partial charge in [0.15, 0.2) is 12.7 Å². The average Bonchev–Trinajstić information content (AvgIpc) is 3.19. The fraction of sp³-hybridized carbons (Fsp3) is 0.400. The van der Waals surface area contributed by atoms with E-state index in [4.69, 9.17) is 0 Å². The number of carbonyl (C=O) groups is 1. The van der Waals surface area contributed by atoms with Gasteiger partial charge in [-0.05, 0) is 49.1 Å². The highest BCUT2D eigenvalue weighted by Crippen LogP contribution is 2.45. The summed E-state index contributed by atoms with van der Waals surface area (Å²) in [6.07, 6.45) is 9.60. The van der Waals surface area contributed by atoms with Crippen molar-refractivity contribution in [1.82, 2.24) is 5.32 Å². The van der Waals surface area contributed by atoms with Crippen LogP contribution in [0.3, 0.4) is 0 Å². The lowest BCUT2D eigenvalue weighted by molar-refractivity contribution is -0.892. The van der Waals surface area contributed by atoms with Crippen molar-refractivity contribution in [3.05, 3.63) is 71.4 Å². The van der Waals surface area contributed by atoms with Gasteiger partial charge in [0, 0.05) is 37.5 Å². The molecule has 190 valence electrons. The number of aromatic nitrogens is 1. The second kappa shape index (κ2) is 11.9. The van der Waals surface area contributed by atoms with E-state index >= 15 is 0 Å². The molecule has 2 heterocycles. The van der Waals surface area contributed by atoms with Crippen LogP contribution in [0.15, 0.2) is 70.7 Å². The van der Waals surface area contributed by atoms with Gasteiger partial charge in [0.05, 0.1) is 49.7 Å². The van der Waals surface area contributed by atoms with Crippen molar-refractivity contribution in [3.8, 4) is 0 Å². The largest absolute Gasteiger partial charge is 0.359 e. The van der Waals surface area contributed by atoms with E-state index in [1.165, 1.54) is 38.5 Å². The fourth-order valence-electron chi connectivity index (χ4n) is 4.92. The van der Waals surface area contributed by atoms with Gasteiger partial charge in [0.2, 0.25) is 11.4 Å². The Morgan fingerprint density at radius 3 is 2.56 bits per heavy atom. The van der Waals surface area contributed by atoms with E-state index in [1.807, 2.05) is 11.8 Å². The van der Waals surface area contributed by atoms with Crippen molar-refractivity contribution in [3.63, 3.8) is 0 Å². The maximum Gasteiger partial charge on any atom is 0.219 e. The summed E-state index contributed by atoms with van der Waals surface area (Å²) in [6.45, 7) is 3.30. The molecule has 1 aliphatic heterocycles. The SMILES string of the molecule is CNC(=O)CCCCC[N+](C)(C)CCC[n+]1ccc(/C=C2\Sc3ccccc3N2C)c2ccccc21. The molecule has 3 aromatic rings. The number of nitrogens with zero attached hydrogens (tertiary/aromatic N) is 3. The maximum atomic E-state index is 11.4. The second-order valence-corrected chi connectivity index (χ2v) is 11.4. The predicted molar refractivity (Wildman–Crippen MR) is 152 cm³/mol. The van der Waals surface area contributed by atoms with Crippen LogP contribution in [-0.4, -0.2) is 51.7 Å². The Balaban J connectivity index is 1.38. The predicted octanol–water partition coefficient (Wildman–Crippen LogP) is 5.44. The van der Waals surface area contributed by atoms with Crippen LogP contribution in [-0.2, 0) is 11.3 Å². The Bertz CT molecular complexity index is 1240. The highest BCUT2D eigenvalue weighted by Gasteiger charge is 2.22. The number of aryl methyl sites for hydroxylation is 1. The molecule has 5 nitrogen and oxygen atoms in total. The molecule has 0 saturated heterocycles. The molecule has 2 aromatic carbocycles. The zero-order valence-corrected chi connectivity index (χ0v) is 23.0. The number of anilines is 1. The number of carbonyl (C=O) groups excluding carboxylic acids is 1. The van der Waals surface area contributed by atoms with Gasteiger partial charge < -0.3 is 14.7 Å². The Kier molecular flexibility index (Phi) is 8.70. The van der Waals surface area contributed by atoms with Gasteiger partial charge in [-0.15, -0.1) is 0 Å². The smallest absolute Gasteiger partial charge is 0.219 e. The first-order valence-electron chi connectivity index (χ1n) is 13.0. The summed E-state index contributed by atoms with van der Waals surface area (Å²) in [5.41, 5.74) is 3.82. The fourth-order valence-corrected chi connectivity index (χ4v) is 6.02. The van der Waals surface area contributed by atoms with Crippen LogP contribution in [0.2, 0.25) is 0 Å². The highest BCUT2D eigenvalue weighted by atomic mass is 32.2. The lowest BCUT2D eigenvalue weighted by Crippen LogP contribution is -2.44. The highest BCUT2D eigenvalue weighted by molar-refractivity contribution is 8.03. The third kappa shape index (κ3) is 6.48. The van der Waals surface area contributed by atoms with E-state index < -0.39 is 0 Å². The lowest BCUT2D eigenvalue weighted by Gasteiger charge is -2.29.